The first-order chi connectivity index (χ1) is 10.6. The molecule has 0 radical (unpaired) electrons. The lowest BCUT2D eigenvalue weighted by Crippen LogP contribution is -2.29. The summed E-state index contributed by atoms with van der Waals surface area (Å²) in [6.07, 6.45) is 0. The molecule has 0 aliphatic rings. The lowest BCUT2D eigenvalue weighted by molar-refractivity contribution is -0.119. The molecule has 2 aromatic rings. The third kappa shape index (κ3) is 4.66. The van der Waals surface area contributed by atoms with Gasteiger partial charge in [-0.15, -0.1) is 0 Å². The monoisotopic (exact) mass is 333 g/mol. The van der Waals surface area contributed by atoms with Crippen LogP contribution in [0.2, 0.25) is 10.0 Å². The average molecular weight is 334 g/mol. The molecular formula is C16H13Cl2N3O. The number of nitrogens with one attached hydrogen (secondary N) is 2. The molecule has 0 fully saturated rings. The fraction of sp³-hybridized carbons (Fsp3) is 0.125. The van der Waals surface area contributed by atoms with E-state index in [2.05, 4.69) is 10.6 Å². The Balaban J connectivity index is 1.81. The highest BCUT2D eigenvalue weighted by atomic mass is 35.5. The lowest BCUT2D eigenvalue weighted by atomic mass is 10.2. The Hall–Kier alpha value is -2.22. The summed E-state index contributed by atoms with van der Waals surface area (Å²) in [5.41, 5.74) is 2.16. The second kappa shape index (κ2) is 7.69. The first-order valence-electron chi connectivity index (χ1n) is 6.53. The van der Waals surface area contributed by atoms with Gasteiger partial charge in [-0.3, -0.25) is 4.79 Å². The molecule has 0 aliphatic heterocycles. The van der Waals surface area contributed by atoms with Gasteiger partial charge in [0, 0.05) is 22.3 Å². The first-order valence-corrected chi connectivity index (χ1v) is 7.29. The third-order valence-electron chi connectivity index (χ3n) is 2.96. The summed E-state index contributed by atoms with van der Waals surface area (Å²) in [5.74, 6) is -0.157. The Morgan fingerprint density at radius 1 is 1.14 bits per heavy atom. The second-order valence-electron chi connectivity index (χ2n) is 4.56. The zero-order chi connectivity index (χ0) is 15.9. The van der Waals surface area contributed by atoms with E-state index >= 15 is 0 Å². The minimum atomic E-state index is -0.157. The summed E-state index contributed by atoms with van der Waals surface area (Å²) < 4.78 is 0. The maximum atomic E-state index is 11.8. The fourth-order valence-corrected chi connectivity index (χ4v) is 2.24. The maximum absolute atomic E-state index is 11.8. The van der Waals surface area contributed by atoms with Gasteiger partial charge in [0.2, 0.25) is 5.91 Å². The number of benzene rings is 2. The highest BCUT2D eigenvalue weighted by molar-refractivity contribution is 6.35. The predicted molar refractivity (Wildman–Crippen MR) is 88.0 cm³/mol. The molecule has 0 aromatic heterocycles. The van der Waals surface area contributed by atoms with Crippen molar-refractivity contribution < 1.29 is 4.79 Å². The number of anilines is 1. The van der Waals surface area contributed by atoms with Crippen molar-refractivity contribution in [1.82, 2.24) is 5.32 Å². The molecule has 6 heteroatoms. The highest BCUT2D eigenvalue weighted by Gasteiger charge is 2.05. The number of nitriles is 1. The number of carbonyl (C=O) groups excluding carboxylic acids is 1. The summed E-state index contributed by atoms with van der Waals surface area (Å²) in [7, 11) is 0. The molecule has 0 spiro atoms. The summed E-state index contributed by atoms with van der Waals surface area (Å²) in [4.78, 5) is 11.8. The Kier molecular flexibility index (Phi) is 5.65. The van der Waals surface area contributed by atoms with Crippen LogP contribution in [0.5, 0.6) is 0 Å². The van der Waals surface area contributed by atoms with Crippen LogP contribution in [0.3, 0.4) is 0 Å². The van der Waals surface area contributed by atoms with Gasteiger partial charge in [0.25, 0.3) is 0 Å². The number of carbonyl (C=O) groups is 1. The van der Waals surface area contributed by atoms with E-state index in [9.17, 15) is 4.79 Å². The first kappa shape index (κ1) is 16.2. The van der Waals surface area contributed by atoms with Gasteiger partial charge in [-0.2, -0.15) is 5.26 Å². The SMILES string of the molecule is N#Cc1ccc(NCC(=O)NCc2ccc(Cl)cc2Cl)cc1. The van der Waals surface area contributed by atoms with Crippen LogP contribution in [-0.2, 0) is 11.3 Å². The van der Waals surface area contributed by atoms with Crippen LogP contribution in [-0.4, -0.2) is 12.5 Å². The van der Waals surface area contributed by atoms with Gasteiger partial charge in [-0.05, 0) is 42.0 Å². The average Bonchev–Trinajstić information content (AvgIpc) is 2.52. The van der Waals surface area contributed by atoms with Crippen molar-refractivity contribution >= 4 is 34.8 Å². The molecule has 0 saturated heterocycles. The van der Waals surface area contributed by atoms with Crippen molar-refractivity contribution in [3.05, 3.63) is 63.6 Å². The molecule has 22 heavy (non-hydrogen) atoms. The smallest absolute Gasteiger partial charge is 0.239 e. The molecule has 0 unspecified atom stereocenters. The zero-order valence-corrected chi connectivity index (χ0v) is 13.1. The van der Waals surface area contributed by atoms with E-state index in [1.807, 2.05) is 6.07 Å². The molecule has 1 amide bonds. The molecule has 2 aromatic carbocycles. The number of halogens is 2. The molecule has 0 aliphatic carbocycles. The molecule has 4 nitrogen and oxygen atoms in total. The Bertz CT molecular complexity index is 708. The summed E-state index contributed by atoms with van der Waals surface area (Å²) in [6, 6.07) is 14.1. The minimum absolute atomic E-state index is 0.136. The highest BCUT2D eigenvalue weighted by Crippen LogP contribution is 2.20. The number of hydrogen-bond donors (Lipinski definition) is 2. The molecule has 0 saturated carbocycles. The van der Waals surface area contributed by atoms with Crippen molar-refractivity contribution in [3.63, 3.8) is 0 Å². The quantitative estimate of drug-likeness (QED) is 0.878. The number of rotatable bonds is 5. The Morgan fingerprint density at radius 2 is 1.86 bits per heavy atom. The van der Waals surface area contributed by atoms with E-state index in [1.54, 1.807) is 42.5 Å². The minimum Gasteiger partial charge on any atom is -0.376 e. The van der Waals surface area contributed by atoms with Crippen molar-refractivity contribution in [2.45, 2.75) is 6.54 Å². The van der Waals surface area contributed by atoms with Crippen LogP contribution in [0.15, 0.2) is 42.5 Å². The molecule has 112 valence electrons. The van der Waals surface area contributed by atoms with Crippen LogP contribution < -0.4 is 10.6 Å². The van der Waals surface area contributed by atoms with E-state index in [0.29, 0.717) is 22.2 Å². The van der Waals surface area contributed by atoms with Crippen LogP contribution in [0.1, 0.15) is 11.1 Å². The molecule has 0 heterocycles. The van der Waals surface area contributed by atoms with Gasteiger partial charge in [0.15, 0.2) is 0 Å². The lowest BCUT2D eigenvalue weighted by Gasteiger charge is -2.09. The van der Waals surface area contributed by atoms with Crippen LogP contribution >= 0.6 is 23.2 Å². The molecule has 0 atom stereocenters. The molecule has 2 rings (SSSR count). The van der Waals surface area contributed by atoms with E-state index in [1.165, 1.54) is 0 Å². The van der Waals surface area contributed by atoms with Crippen molar-refractivity contribution in [3.8, 4) is 6.07 Å². The van der Waals surface area contributed by atoms with Crippen molar-refractivity contribution in [2.24, 2.45) is 0 Å². The summed E-state index contributed by atoms with van der Waals surface area (Å²) in [5, 5.41) is 15.5. The van der Waals surface area contributed by atoms with E-state index in [-0.39, 0.29) is 12.5 Å². The molecule has 0 bridgehead atoms. The summed E-state index contributed by atoms with van der Waals surface area (Å²) in [6.45, 7) is 0.473. The predicted octanol–water partition coefficient (Wildman–Crippen LogP) is 3.59. The van der Waals surface area contributed by atoms with Gasteiger partial charge in [0.1, 0.15) is 0 Å². The van der Waals surface area contributed by atoms with Crippen molar-refractivity contribution in [1.29, 1.82) is 5.26 Å². The largest absolute Gasteiger partial charge is 0.376 e. The second-order valence-corrected chi connectivity index (χ2v) is 5.40. The van der Waals surface area contributed by atoms with Crippen LogP contribution in [0, 0.1) is 11.3 Å². The summed E-state index contributed by atoms with van der Waals surface area (Å²) >= 11 is 11.9. The van der Waals surface area contributed by atoms with E-state index in [4.69, 9.17) is 28.5 Å². The normalized spacial score (nSPS) is 9.86. The van der Waals surface area contributed by atoms with Gasteiger partial charge in [0.05, 0.1) is 18.2 Å². The van der Waals surface area contributed by atoms with E-state index in [0.717, 1.165) is 11.3 Å². The van der Waals surface area contributed by atoms with Gasteiger partial charge in [-0.25, -0.2) is 0 Å². The van der Waals surface area contributed by atoms with Gasteiger partial charge >= 0.3 is 0 Å². The molecular weight excluding hydrogens is 321 g/mol. The number of hydrogen-bond acceptors (Lipinski definition) is 3. The zero-order valence-electron chi connectivity index (χ0n) is 11.6. The maximum Gasteiger partial charge on any atom is 0.239 e. The molecule has 2 N–H and O–H groups in total. The standard InChI is InChI=1S/C16H13Cl2N3O/c17-13-4-3-12(15(18)7-13)9-21-16(22)10-20-14-5-1-11(8-19)2-6-14/h1-7,20H,9-10H2,(H,21,22). The Morgan fingerprint density at radius 3 is 2.50 bits per heavy atom. The fourth-order valence-electron chi connectivity index (χ4n) is 1.77. The topological polar surface area (TPSA) is 64.9 Å². The van der Waals surface area contributed by atoms with Gasteiger partial charge < -0.3 is 10.6 Å². The third-order valence-corrected chi connectivity index (χ3v) is 3.55. The van der Waals surface area contributed by atoms with E-state index < -0.39 is 0 Å². The van der Waals surface area contributed by atoms with Crippen LogP contribution in [0.25, 0.3) is 0 Å². The number of amides is 1. The van der Waals surface area contributed by atoms with Gasteiger partial charge in [-0.1, -0.05) is 29.3 Å². The number of nitrogens with zero attached hydrogens (tertiary/aromatic N) is 1. The van der Waals surface area contributed by atoms with Crippen molar-refractivity contribution in [2.75, 3.05) is 11.9 Å². The van der Waals surface area contributed by atoms with Crippen LogP contribution in [0.4, 0.5) is 5.69 Å². The Labute approximate surface area is 138 Å².